The molecule has 26 heavy (non-hydrogen) atoms. The molecule has 0 spiro atoms. The summed E-state index contributed by atoms with van der Waals surface area (Å²) in [5.74, 6) is -0.540. The number of hydrogen-bond acceptors (Lipinski definition) is 5. The van der Waals surface area contributed by atoms with Crippen LogP contribution in [-0.4, -0.2) is 23.5 Å². The Labute approximate surface area is 156 Å². The van der Waals surface area contributed by atoms with Crippen LogP contribution in [0.25, 0.3) is 10.2 Å². The van der Waals surface area contributed by atoms with Crippen molar-refractivity contribution in [1.29, 1.82) is 0 Å². The van der Waals surface area contributed by atoms with Crippen molar-refractivity contribution >= 4 is 38.6 Å². The highest BCUT2D eigenvalue weighted by Crippen LogP contribution is 2.27. The smallest absolute Gasteiger partial charge is 0.338 e. The van der Waals surface area contributed by atoms with Crippen molar-refractivity contribution in [1.82, 2.24) is 4.98 Å². The first kappa shape index (κ1) is 18.1. The molecule has 0 saturated heterocycles. The van der Waals surface area contributed by atoms with Crippen LogP contribution < -0.4 is 5.32 Å². The molecule has 1 amide bonds. The van der Waals surface area contributed by atoms with Crippen LogP contribution >= 0.6 is 11.3 Å². The van der Waals surface area contributed by atoms with E-state index in [1.807, 2.05) is 26.0 Å². The SMILES string of the molecule is CCCCOC(=O)c1ccc2nc(NC(=O)c3ccc(C)cc3)sc2c1. The molecule has 3 rings (SSSR count). The van der Waals surface area contributed by atoms with Gasteiger partial charge in [0.05, 0.1) is 22.4 Å². The molecule has 0 aliphatic rings. The average Bonchev–Trinajstić information content (AvgIpc) is 3.03. The largest absolute Gasteiger partial charge is 0.462 e. The van der Waals surface area contributed by atoms with Crippen LogP contribution in [0.3, 0.4) is 0 Å². The number of aromatic nitrogens is 1. The molecule has 0 aliphatic heterocycles. The Morgan fingerprint density at radius 1 is 1.12 bits per heavy atom. The molecular weight excluding hydrogens is 348 g/mol. The molecule has 0 saturated carbocycles. The zero-order chi connectivity index (χ0) is 18.5. The molecule has 1 aromatic heterocycles. The fourth-order valence-corrected chi connectivity index (χ4v) is 3.27. The van der Waals surface area contributed by atoms with Gasteiger partial charge in [-0.05, 0) is 43.7 Å². The second-order valence-electron chi connectivity index (χ2n) is 6.01. The van der Waals surface area contributed by atoms with Crippen LogP contribution in [0.15, 0.2) is 42.5 Å². The summed E-state index contributed by atoms with van der Waals surface area (Å²) in [6.45, 7) is 4.44. The number of amides is 1. The number of unbranched alkanes of at least 4 members (excludes halogenated alkanes) is 1. The lowest BCUT2D eigenvalue weighted by Gasteiger charge is -2.03. The van der Waals surface area contributed by atoms with Gasteiger partial charge < -0.3 is 4.74 Å². The van der Waals surface area contributed by atoms with Crippen LogP contribution in [-0.2, 0) is 4.74 Å². The maximum atomic E-state index is 12.3. The molecule has 1 N–H and O–H groups in total. The van der Waals surface area contributed by atoms with Crippen molar-refractivity contribution in [2.75, 3.05) is 11.9 Å². The number of rotatable bonds is 6. The van der Waals surface area contributed by atoms with E-state index in [1.54, 1.807) is 30.3 Å². The Morgan fingerprint density at radius 3 is 2.58 bits per heavy atom. The summed E-state index contributed by atoms with van der Waals surface area (Å²) in [6.07, 6.45) is 1.83. The summed E-state index contributed by atoms with van der Waals surface area (Å²) < 4.78 is 6.06. The first-order valence-corrected chi connectivity index (χ1v) is 9.34. The lowest BCUT2D eigenvalue weighted by atomic mass is 10.1. The number of benzene rings is 2. The van der Waals surface area contributed by atoms with Gasteiger partial charge in [0.25, 0.3) is 5.91 Å². The summed E-state index contributed by atoms with van der Waals surface area (Å²) in [5.41, 5.74) is 2.91. The summed E-state index contributed by atoms with van der Waals surface area (Å²) in [6, 6.07) is 12.6. The van der Waals surface area contributed by atoms with E-state index in [0.29, 0.717) is 22.9 Å². The van der Waals surface area contributed by atoms with E-state index in [1.165, 1.54) is 11.3 Å². The highest BCUT2D eigenvalue weighted by molar-refractivity contribution is 7.22. The van der Waals surface area contributed by atoms with E-state index < -0.39 is 0 Å². The third kappa shape index (κ3) is 4.26. The molecule has 2 aromatic carbocycles. The first-order chi connectivity index (χ1) is 12.6. The monoisotopic (exact) mass is 368 g/mol. The minimum atomic E-state index is -0.334. The molecule has 5 nitrogen and oxygen atoms in total. The number of carbonyl (C=O) groups is 2. The fraction of sp³-hybridized carbons (Fsp3) is 0.250. The van der Waals surface area contributed by atoms with Crippen LogP contribution in [0.5, 0.6) is 0 Å². The van der Waals surface area contributed by atoms with Crippen molar-refractivity contribution in [2.24, 2.45) is 0 Å². The van der Waals surface area contributed by atoms with Crippen LogP contribution in [0.4, 0.5) is 5.13 Å². The average molecular weight is 368 g/mol. The van der Waals surface area contributed by atoms with Gasteiger partial charge in [-0.15, -0.1) is 0 Å². The molecule has 134 valence electrons. The number of ether oxygens (including phenoxy) is 1. The van der Waals surface area contributed by atoms with Gasteiger partial charge >= 0.3 is 5.97 Å². The maximum Gasteiger partial charge on any atom is 0.338 e. The number of thiazole rings is 1. The van der Waals surface area contributed by atoms with E-state index >= 15 is 0 Å². The topological polar surface area (TPSA) is 68.3 Å². The molecule has 0 unspecified atom stereocenters. The van der Waals surface area contributed by atoms with Crippen LogP contribution in [0.2, 0.25) is 0 Å². The Bertz CT molecular complexity index is 932. The lowest BCUT2D eigenvalue weighted by Crippen LogP contribution is -2.11. The first-order valence-electron chi connectivity index (χ1n) is 8.52. The normalized spacial score (nSPS) is 10.7. The van der Waals surface area contributed by atoms with Crippen molar-refractivity contribution in [3.8, 4) is 0 Å². The Hall–Kier alpha value is -2.73. The van der Waals surface area contributed by atoms with Crippen molar-refractivity contribution in [3.05, 3.63) is 59.2 Å². The zero-order valence-corrected chi connectivity index (χ0v) is 15.6. The van der Waals surface area contributed by atoms with Gasteiger partial charge in [-0.3, -0.25) is 10.1 Å². The van der Waals surface area contributed by atoms with E-state index in [-0.39, 0.29) is 11.9 Å². The molecular formula is C20H20N2O3S. The minimum Gasteiger partial charge on any atom is -0.462 e. The lowest BCUT2D eigenvalue weighted by molar-refractivity contribution is 0.0500. The molecule has 6 heteroatoms. The molecule has 0 atom stereocenters. The van der Waals surface area contributed by atoms with Crippen LogP contribution in [0, 0.1) is 6.92 Å². The Morgan fingerprint density at radius 2 is 1.85 bits per heavy atom. The number of nitrogens with one attached hydrogen (secondary N) is 1. The summed E-state index contributed by atoms with van der Waals surface area (Å²) in [5, 5.41) is 3.31. The zero-order valence-electron chi connectivity index (χ0n) is 14.7. The Kier molecular flexibility index (Phi) is 5.63. The van der Waals surface area contributed by atoms with Gasteiger partial charge in [-0.1, -0.05) is 42.4 Å². The Balaban J connectivity index is 1.73. The molecule has 0 aliphatic carbocycles. The van der Waals surface area contributed by atoms with Crippen molar-refractivity contribution in [2.45, 2.75) is 26.7 Å². The van der Waals surface area contributed by atoms with Gasteiger partial charge in [-0.25, -0.2) is 9.78 Å². The molecule has 0 radical (unpaired) electrons. The number of anilines is 1. The van der Waals surface area contributed by atoms with E-state index in [4.69, 9.17) is 4.74 Å². The quantitative estimate of drug-likeness (QED) is 0.500. The van der Waals surface area contributed by atoms with E-state index in [9.17, 15) is 9.59 Å². The minimum absolute atomic E-state index is 0.205. The third-order valence-corrected chi connectivity index (χ3v) is 4.82. The molecule has 1 heterocycles. The van der Waals surface area contributed by atoms with Gasteiger partial charge in [0, 0.05) is 5.56 Å². The van der Waals surface area contributed by atoms with Crippen LogP contribution in [0.1, 0.15) is 46.0 Å². The number of fused-ring (bicyclic) bond motifs is 1. The predicted octanol–water partition coefficient (Wildman–Crippen LogP) is 4.81. The van der Waals surface area contributed by atoms with E-state index in [0.717, 1.165) is 28.6 Å². The maximum absolute atomic E-state index is 12.3. The summed E-state index contributed by atoms with van der Waals surface area (Å²) >= 11 is 1.33. The highest BCUT2D eigenvalue weighted by atomic mass is 32.1. The van der Waals surface area contributed by atoms with Crippen molar-refractivity contribution in [3.63, 3.8) is 0 Å². The van der Waals surface area contributed by atoms with E-state index in [2.05, 4.69) is 10.3 Å². The standard InChI is InChI=1S/C20H20N2O3S/c1-3-4-11-25-19(24)15-9-10-16-17(12-15)26-20(21-16)22-18(23)14-7-5-13(2)6-8-14/h5-10,12H,3-4,11H2,1-2H3,(H,21,22,23). The second kappa shape index (κ2) is 8.10. The molecule has 0 fully saturated rings. The fourth-order valence-electron chi connectivity index (χ4n) is 2.37. The molecule has 3 aromatic rings. The number of aryl methyl sites for hydroxylation is 1. The highest BCUT2D eigenvalue weighted by Gasteiger charge is 2.13. The summed E-state index contributed by atoms with van der Waals surface area (Å²) in [4.78, 5) is 28.8. The number of hydrogen-bond donors (Lipinski definition) is 1. The van der Waals surface area contributed by atoms with Gasteiger partial charge in [0.1, 0.15) is 0 Å². The van der Waals surface area contributed by atoms with Gasteiger partial charge in [-0.2, -0.15) is 0 Å². The van der Waals surface area contributed by atoms with Gasteiger partial charge in [0.2, 0.25) is 0 Å². The number of esters is 1. The van der Waals surface area contributed by atoms with Gasteiger partial charge in [0.15, 0.2) is 5.13 Å². The van der Waals surface area contributed by atoms with Crippen molar-refractivity contribution < 1.29 is 14.3 Å². The molecule has 0 bridgehead atoms. The summed E-state index contributed by atoms with van der Waals surface area (Å²) in [7, 11) is 0. The number of carbonyl (C=O) groups excluding carboxylic acids is 2. The third-order valence-electron chi connectivity index (χ3n) is 3.89. The second-order valence-corrected chi connectivity index (χ2v) is 7.04. The predicted molar refractivity (Wildman–Crippen MR) is 104 cm³/mol. The number of nitrogens with zero attached hydrogens (tertiary/aromatic N) is 1.